The first-order valence-electron chi connectivity index (χ1n) is 11.0. The average molecular weight is 443 g/mol. The predicted octanol–water partition coefficient (Wildman–Crippen LogP) is 3.14. The normalized spacial score (nSPS) is 18.2. The average Bonchev–Trinajstić information content (AvgIpc) is 3.35. The van der Waals surface area contributed by atoms with Crippen molar-refractivity contribution >= 4 is 23.0 Å². The van der Waals surface area contributed by atoms with Crippen LogP contribution in [0.15, 0.2) is 18.3 Å². The molecule has 1 N–H and O–H groups in total. The number of nitrogens with zero attached hydrogens (tertiary/aromatic N) is 5. The molecule has 0 saturated heterocycles. The summed E-state index contributed by atoms with van der Waals surface area (Å²) in [6, 6.07) is 3.59. The number of halogens is 2. The molecule has 0 bridgehead atoms. The minimum Gasteiger partial charge on any atom is -0.338 e. The van der Waals surface area contributed by atoms with E-state index in [-0.39, 0.29) is 11.5 Å². The zero-order chi connectivity index (χ0) is 22.6. The van der Waals surface area contributed by atoms with Crippen molar-refractivity contribution < 1.29 is 13.6 Å². The van der Waals surface area contributed by atoms with Gasteiger partial charge in [-0.1, -0.05) is 0 Å². The quantitative estimate of drug-likeness (QED) is 0.792. The SMILES string of the molecule is CC(=O)N1CCc2c(c(N3CCCc4cc(C5=CN(C)NC5)c(C(F)F)cc43)nn2C)C1. The summed E-state index contributed by atoms with van der Waals surface area (Å²) in [5.74, 6) is 0.821. The Morgan fingerprint density at radius 2 is 2.00 bits per heavy atom. The number of hydrazine groups is 1. The Bertz CT molecular complexity index is 1110. The largest absolute Gasteiger partial charge is 0.338 e. The highest BCUT2D eigenvalue weighted by atomic mass is 19.3. The van der Waals surface area contributed by atoms with Crippen molar-refractivity contribution in [1.82, 2.24) is 25.1 Å². The van der Waals surface area contributed by atoms with Crippen LogP contribution in [0.1, 0.15) is 47.7 Å². The number of aromatic nitrogens is 2. The van der Waals surface area contributed by atoms with Gasteiger partial charge in [0.2, 0.25) is 5.91 Å². The molecule has 0 radical (unpaired) electrons. The van der Waals surface area contributed by atoms with Gasteiger partial charge >= 0.3 is 0 Å². The molecule has 0 unspecified atom stereocenters. The molecule has 0 saturated carbocycles. The minimum absolute atomic E-state index is 0.0394. The Morgan fingerprint density at radius 3 is 2.69 bits per heavy atom. The van der Waals surface area contributed by atoms with Gasteiger partial charge in [0.05, 0.1) is 6.54 Å². The van der Waals surface area contributed by atoms with E-state index in [1.807, 2.05) is 35.9 Å². The third kappa shape index (κ3) is 3.44. The van der Waals surface area contributed by atoms with Gasteiger partial charge in [-0.15, -0.1) is 0 Å². The molecule has 1 aromatic carbocycles. The predicted molar refractivity (Wildman–Crippen MR) is 118 cm³/mol. The van der Waals surface area contributed by atoms with Gasteiger partial charge in [0, 0.05) is 75.8 Å². The van der Waals surface area contributed by atoms with Gasteiger partial charge in [-0.2, -0.15) is 5.10 Å². The van der Waals surface area contributed by atoms with Crippen LogP contribution in [0.25, 0.3) is 5.57 Å². The fourth-order valence-electron chi connectivity index (χ4n) is 5.09. The Hall–Kier alpha value is -2.94. The first-order valence-corrected chi connectivity index (χ1v) is 11.0. The van der Waals surface area contributed by atoms with Crippen molar-refractivity contribution in [2.75, 3.05) is 31.6 Å². The van der Waals surface area contributed by atoms with Crippen LogP contribution < -0.4 is 10.3 Å². The number of amides is 1. The third-order valence-corrected chi connectivity index (χ3v) is 6.74. The van der Waals surface area contributed by atoms with Crippen molar-refractivity contribution in [2.45, 2.75) is 39.2 Å². The molecule has 32 heavy (non-hydrogen) atoms. The minimum atomic E-state index is -2.57. The van der Waals surface area contributed by atoms with E-state index in [4.69, 9.17) is 5.10 Å². The van der Waals surface area contributed by atoms with Crippen molar-refractivity contribution in [3.05, 3.63) is 46.3 Å². The standard InChI is InChI=1S/C23H28F2N6O/c1-14(32)30-8-6-20-19(13-30)23(27-29(20)3)31-7-4-5-15-9-17(16-11-26-28(2)12-16)18(22(24)25)10-21(15)31/h9-10,12,22,26H,4-8,11,13H2,1-3H3. The smallest absolute Gasteiger partial charge is 0.264 e. The molecule has 170 valence electrons. The lowest BCUT2D eigenvalue weighted by Crippen LogP contribution is -2.35. The molecule has 0 fully saturated rings. The first kappa shape index (κ1) is 20.9. The van der Waals surface area contributed by atoms with Crippen LogP contribution >= 0.6 is 0 Å². The highest BCUT2D eigenvalue weighted by Gasteiger charge is 2.32. The number of benzene rings is 1. The highest BCUT2D eigenvalue weighted by molar-refractivity contribution is 5.78. The topological polar surface area (TPSA) is 56.6 Å². The van der Waals surface area contributed by atoms with E-state index in [0.29, 0.717) is 31.7 Å². The second-order valence-corrected chi connectivity index (χ2v) is 8.79. The molecule has 3 aliphatic rings. The lowest BCUT2D eigenvalue weighted by Gasteiger charge is -2.33. The number of nitrogens with one attached hydrogen (secondary N) is 1. The maximum atomic E-state index is 14.2. The monoisotopic (exact) mass is 442 g/mol. The lowest BCUT2D eigenvalue weighted by molar-refractivity contribution is -0.129. The second-order valence-electron chi connectivity index (χ2n) is 8.79. The molecule has 0 aliphatic carbocycles. The second kappa shape index (κ2) is 7.88. The molecule has 1 aromatic heterocycles. The van der Waals surface area contributed by atoms with Crippen LogP contribution in [0.2, 0.25) is 0 Å². The summed E-state index contributed by atoms with van der Waals surface area (Å²) in [7, 11) is 3.78. The number of carbonyl (C=O) groups excluding carboxylic acids is 1. The van der Waals surface area contributed by atoms with E-state index in [0.717, 1.165) is 53.2 Å². The van der Waals surface area contributed by atoms with E-state index in [9.17, 15) is 13.6 Å². The third-order valence-electron chi connectivity index (χ3n) is 6.74. The summed E-state index contributed by atoms with van der Waals surface area (Å²) in [6.45, 7) is 4.01. The number of hydrogen-bond acceptors (Lipinski definition) is 5. The summed E-state index contributed by atoms with van der Waals surface area (Å²) in [6.07, 6.45) is 1.80. The van der Waals surface area contributed by atoms with Crippen LogP contribution in [-0.4, -0.2) is 52.3 Å². The van der Waals surface area contributed by atoms with E-state index >= 15 is 0 Å². The maximum Gasteiger partial charge on any atom is 0.264 e. The van der Waals surface area contributed by atoms with E-state index < -0.39 is 6.43 Å². The zero-order valence-electron chi connectivity index (χ0n) is 18.7. The van der Waals surface area contributed by atoms with Gasteiger partial charge in [-0.3, -0.25) is 9.48 Å². The number of rotatable bonds is 3. The zero-order valence-corrected chi connectivity index (χ0v) is 18.7. The van der Waals surface area contributed by atoms with Crippen LogP contribution in [0.4, 0.5) is 20.3 Å². The number of carbonyl (C=O) groups is 1. The van der Waals surface area contributed by atoms with E-state index in [1.165, 1.54) is 0 Å². The van der Waals surface area contributed by atoms with Crippen LogP contribution in [0, 0.1) is 0 Å². The summed E-state index contributed by atoms with van der Waals surface area (Å²) in [4.78, 5) is 15.9. The summed E-state index contributed by atoms with van der Waals surface area (Å²) >= 11 is 0. The van der Waals surface area contributed by atoms with Gasteiger partial charge < -0.3 is 14.8 Å². The summed E-state index contributed by atoms with van der Waals surface area (Å²) in [5, 5.41) is 6.58. The fourth-order valence-corrected chi connectivity index (χ4v) is 5.09. The van der Waals surface area contributed by atoms with Crippen molar-refractivity contribution in [2.24, 2.45) is 7.05 Å². The summed E-state index contributed by atoms with van der Waals surface area (Å²) < 4.78 is 30.2. The molecule has 0 spiro atoms. The molecule has 5 rings (SSSR count). The molecule has 9 heteroatoms. The Balaban J connectivity index is 1.60. The Morgan fingerprint density at radius 1 is 1.19 bits per heavy atom. The molecule has 7 nitrogen and oxygen atoms in total. The van der Waals surface area contributed by atoms with Gasteiger partial charge in [0.1, 0.15) is 0 Å². The van der Waals surface area contributed by atoms with Gasteiger partial charge in [-0.25, -0.2) is 14.2 Å². The van der Waals surface area contributed by atoms with Crippen LogP contribution in [-0.2, 0) is 31.2 Å². The van der Waals surface area contributed by atoms with Crippen molar-refractivity contribution in [1.29, 1.82) is 0 Å². The highest BCUT2D eigenvalue weighted by Crippen LogP contribution is 2.42. The van der Waals surface area contributed by atoms with Gasteiger partial charge in [-0.05, 0) is 41.7 Å². The molecule has 1 amide bonds. The van der Waals surface area contributed by atoms with Gasteiger partial charge in [0.15, 0.2) is 5.82 Å². The summed E-state index contributed by atoms with van der Waals surface area (Å²) in [5.41, 5.74) is 8.67. The molecular weight excluding hydrogens is 414 g/mol. The van der Waals surface area contributed by atoms with Crippen molar-refractivity contribution in [3.8, 4) is 0 Å². The fraction of sp³-hybridized carbons (Fsp3) is 0.478. The van der Waals surface area contributed by atoms with E-state index in [2.05, 4.69) is 10.3 Å². The Kier molecular flexibility index (Phi) is 5.16. The first-order chi connectivity index (χ1) is 15.3. The number of anilines is 2. The molecule has 4 heterocycles. The number of alkyl halides is 2. The molecule has 2 aromatic rings. The molecule has 0 atom stereocenters. The van der Waals surface area contributed by atoms with E-state index in [1.54, 1.807) is 18.0 Å². The number of hydrogen-bond donors (Lipinski definition) is 1. The molecule has 3 aliphatic heterocycles. The maximum absolute atomic E-state index is 14.2. The van der Waals surface area contributed by atoms with Crippen LogP contribution in [0.5, 0.6) is 0 Å². The lowest BCUT2D eigenvalue weighted by atomic mass is 9.92. The van der Waals surface area contributed by atoms with Crippen LogP contribution in [0.3, 0.4) is 0 Å². The van der Waals surface area contributed by atoms with Gasteiger partial charge in [0.25, 0.3) is 6.43 Å². The molecular formula is C23H28F2N6O. The number of aryl methyl sites for hydroxylation is 2. The van der Waals surface area contributed by atoms with Crippen molar-refractivity contribution in [3.63, 3.8) is 0 Å². The number of fused-ring (bicyclic) bond motifs is 2. The Labute approximate surface area is 186 Å².